The number of carboxylic acid groups (broad SMARTS) is 1. The molecular formula is C15H17F3N2O4. The summed E-state index contributed by atoms with van der Waals surface area (Å²) in [5.41, 5.74) is -1.45. The van der Waals surface area contributed by atoms with Gasteiger partial charge in [-0.1, -0.05) is 0 Å². The van der Waals surface area contributed by atoms with Crippen molar-refractivity contribution in [3.8, 4) is 5.75 Å². The average molecular weight is 346 g/mol. The van der Waals surface area contributed by atoms with Crippen LogP contribution in [0, 0.1) is 5.92 Å². The number of alkyl halides is 3. The molecule has 3 N–H and O–H groups in total. The number of halogens is 3. The van der Waals surface area contributed by atoms with Crippen LogP contribution in [0.4, 0.5) is 18.0 Å². The zero-order chi connectivity index (χ0) is 17.9. The molecule has 0 unspecified atom stereocenters. The predicted molar refractivity (Wildman–Crippen MR) is 77.8 cm³/mol. The fourth-order valence-corrected chi connectivity index (χ4v) is 2.57. The molecule has 0 radical (unpaired) electrons. The van der Waals surface area contributed by atoms with Gasteiger partial charge in [-0.15, -0.1) is 0 Å². The Bertz CT molecular complexity index is 626. The number of aromatic hydroxyl groups is 1. The molecule has 9 heteroatoms. The maximum Gasteiger partial charge on any atom is 0.419 e. The number of rotatable bonds is 3. The van der Waals surface area contributed by atoms with Crippen LogP contribution in [0.3, 0.4) is 0 Å². The van der Waals surface area contributed by atoms with Gasteiger partial charge in [-0.25, -0.2) is 4.79 Å². The number of carbonyl (C=O) groups is 2. The molecule has 0 aliphatic carbocycles. The van der Waals surface area contributed by atoms with Crippen molar-refractivity contribution in [3.63, 3.8) is 0 Å². The van der Waals surface area contributed by atoms with Crippen LogP contribution in [-0.2, 0) is 6.18 Å². The average Bonchev–Trinajstić information content (AvgIpc) is 2.52. The van der Waals surface area contributed by atoms with Gasteiger partial charge in [-0.05, 0) is 37.0 Å². The Morgan fingerprint density at radius 2 is 1.88 bits per heavy atom. The van der Waals surface area contributed by atoms with Crippen molar-refractivity contribution >= 4 is 12.0 Å². The number of phenols is 1. The van der Waals surface area contributed by atoms with Gasteiger partial charge in [-0.3, -0.25) is 4.79 Å². The molecule has 0 atom stereocenters. The van der Waals surface area contributed by atoms with Gasteiger partial charge in [0.1, 0.15) is 5.75 Å². The second-order valence-electron chi connectivity index (χ2n) is 5.65. The summed E-state index contributed by atoms with van der Waals surface area (Å²) in [6, 6.07) is 2.56. The third-order valence-electron chi connectivity index (χ3n) is 4.00. The van der Waals surface area contributed by atoms with Crippen LogP contribution in [-0.4, -0.2) is 46.7 Å². The van der Waals surface area contributed by atoms with E-state index in [2.05, 4.69) is 5.32 Å². The molecule has 24 heavy (non-hydrogen) atoms. The lowest BCUT2D eigenvalue weighted by atomic mass is 9.97. The lowest BCUT2D eigenvalue weighted by Gasteiger charge is -2.30. The molecule has 0 bridgehead atoms. The number of likely N-dealkylation sites (tertiary alicyclic amines) is 1. The molecule has 132 valence electrons. The number of piperidine rings is 1. The first-order chi connectivity index (χ1) is 11.2. The highest BCUT2D eigenvalue weighted by Gasteiger charge is 2.34. The number of hydrogen-bond donors (Lipinski definition) is 3. The maximum atomic E-state index is 12.7. The van der Waals surface area contributed by atoms with Crippen molar-refractivity contribution < 1.29 is 33.0 Å². The van der Waals surface area contributed by atoms with Gasteiger partial charge in [0.15, 0.2) is 0 Å². The highest BCUT2D eigenvalue weighted by atomic mass is 19.4. The van der Waals surface area contributed by atoms with Gasteiger partial charge in [0, 0.05) is 25.2 Å². The Labute approximate surface area is 135 Å². The standard InChI is InChI=1S/C15H17F3N2O4/c16-15(17,18)11-7-10(1-2-12(11)21)13(22)19-8-9-3-5-20(6-4-9)14(23)24/h1-2,7,9,21H,3-6,8H2,(H,19,22)(H,23,24). The molecular weight excluding hydrogens is 329 g/mol. The molecule has 6 nitrogen and oxygen atoms in total. The summed E-state index contributed by atoms with van der Waals surface area (Å²) in [6.07, 6.45) is -4.57. The zero-order valence-corrected chi connectivity index (χ0v) is 12.6. The second kappa shape index (κ2) is 6.98. The Morgan fingerprint density at radius 1 is 1.25 bits per heavy atom. The normalized spacial score (nSPS) is 16.0. The van der Waals surface area contributed by atoms with Crippen LogP contribution < -0.4 is 5.32 Å². The van der Waals surface area contributed by atoms with Crippen LogP contribution >= 0.6 is 0 Å². The molecule has 2 rings (SSSR count). The molecule has 1 aromatic carbocycles. The molecule has 1 saturated heterocycles. The number of carbonyl (C=O) groups excluding carboxylic acids is 1. The fourth-order valence-electron chi connectivity index (χ4n) is 2.57. The van der Waals surface area contributed by atoms with Crippen molar-refractivity contribution in [3.05, 3.63) is 29.3 Å². The van der Waals surface area contributed by atoms with Gasteiger partial charge >= 0.3 is 12.3 Å². The number of nitrogens with zero attached hydrogens (tertiary/aromatic N) is 1. The minimum atomic E-state index is -4.75. The van der Waals surface area contributed by atoms with E-state index < -0.39 is 29.5 Å². The largest absolute Gasteiger partial charge is 0.507 e. The zero-order valence-electron chi connectivity index (χ0n) is 12.6. The van der Waals surface area contributed by atoms with Gasteiger partial charge in [-0.2, -0.15) is 13.2 Å². The summed E-state index contributed by atoms with van der Waals surface area (Å²) in [5.74, 6) is -1.52. The first-order valence-corrected chi connectivity index (χ1v) is 7.34. The summed E-state index contributed by atoms with van der Waals surface area (Å²) in [4.78, 5) is 24.1. The smallest absolute Gasteiger partial charge is 0.419 e. The molecule has 2 amide bonds. The highest BCUT2D eigenvalue weighted by Crippen LogP contribution is 2.36. The first-order valence-electron chi connectivity index (χ1n) is 7.34. The Kier molecular flexibility index (Phi) is 5.20. The van der Waals surface area contributed by atoms with Crippen LogP contribution in [0.25, 0.3) is 0 Å². The van der Waals surface area contributed by atoms with Crippen molar-refractivity contribution in [1.29, 1.82) is 0 Å². The third kappa shape index (κ3) is 4.30. The minimum absolute atomic E-state index is 0.0729. The van der Waals surface area contributed by atoms with Gasteiger partial charge < -0.3 is 20.4 Å². The van der Waals surface area contributed by atoms with Crippen LogP contribution in [0.15, 0.2) is 18.2 Å². The van der Waals surface area contributed by atoms with E-state index in [1.807, 2.05) is 0 Å². The van der Waals surface area contributed by atoms with Crippen LogP contribution in [0.1, 0.15) is 28.8 Å². The van der Waals surface area contributed by atoms with E-state index in [0.717, 1.165) is 12.1 Å². The lowest BCUT2D eigenvalue weighted by Crippen LogP contribution is -2.40. The fraction of sp³-hybridized carbons (Fsp3) is 0.467. The Morgan fingerprint density at radius 3 is 2.42 bits per heavy atom. The molecule has 1 aliphatic rings. The van der Waals surface area contributed by atoms with Gasteiger partial charge in [0.2, 0.25) is 0 Å². The summed E-state index contributed by atoms with van der Waals surface area (Å²) in [6.45, 7) is 0.995. The third-order valence-corrected chi connectivity index (χ3v) is 4.00. The lowest BCUT2D eigenvalue weighted by molar-refractivity contribution is -0.138. The number of hydrogen-bond acceptors (Lipinski definition) is 3. The Balaban J connectivity index is 1.93. The van der Waals surface area contributed by atoms with E-state index in [1.54, 1.807) is 0 Å². The predicted octanol–water partition coefficient (Wildman–Crippen LogP) is 2.53. The minimum Gasteiger partial charge on any atom is -0.507 e. The van der Waals surface area contributed by atoms with Gasteiger partial charge in [0.25, 0.3) is 5.91 Å². The van der Waals surface area contributed by atoms with Crippen molar-refractivity contribution in [2.45, 2.75) is 19.0 Å². The van der Waals surface area contributed by atoms with E-state index in [1.165, 1.54) is 4.90 Å². The molecule has 1 fully saturated rings. The molecule has 0 aromatic heterocycles. The SMILES string of the molecule is O=C(NCC1CCN(C(=O)O)CC1)c1ccc(O)c(C(F)(F)F)c1. The first kappa shape index (κ1) is 17.9. The summed E-state index contributed by atoms with van der Waals surface area (Å²) < 4.78 is 38.2. The highest BCUT2D eigenvalue weighted by molar-refractivity contribution is 5.94. The van der Waals surface area contributed by atoms with E-state index >= 15 is 0 Å². The monoisotopic (exact) mass is 346 g/mol. The molecule has 0 saturated carbocycles. The van der Waals surface area contributed by atoms with Crippen molar-refractivity contribution in [2.24, 2.45) is 5.92 Å². The van der Waals surface area contributed by atoms with E-state index in [0.29, 0.717) is 32.0 Å². The topological polar surface area (TPSA) is 89.9 Å². The summed E-state index contributed by atoms with van der Waals surface area (Å²) >= 11 is 0. The van der Waals surface area contributed by atoms with E-state index in [4.69, 9.17) is 5.11 Å². The number of benzene rings is 1. The Hall–Kier alpha value is -2.45. The van der Waals surface area contributed by atoms with Crippen LogP contribution in [0.5, 0.6) is 5.75 Å². The summed E-state index contributed by atoms with van der Waals surface area (Å²) in [5, 5.41) is 20.7. The van der Waals surface area contributed by atoms with Crippen molar-refractivity contribution in [2.75, 3.05) is 19.6 Å². The van der Waals surface area contributed by atoms with E-state index in [9.17, 15) is 27.9 Å². The molecule has 1 aromatic rings. The number of phenolic OH excluding ortho intramolecular Hbond substituents is 1. The van der Waals surface area contributed by atoms with Gasteiger partial charge in [0.05, 0.1) is 5.56 Å². The maximum absolute atomic E-state index is 12.7. The summed E-state index contributed by atoms with van der Waals surface area (Å²) in [7, 11) is 0. The number of nitrogens with one attached hydrogen (secondary N) is 1. The van der Waals surface area contributed by atoms with E-state index in [-0.39, 0.29) is 18.0 Å². The molecule has 0 spiro atoms. The number of amides is 2. The van der Waals surface area contributed by atoms with Crippen LogP contribution in [0.2, 0.25) is 0 Å². The second-order valence-corrected chi connectivity index (χ2v) is 5.65. The molecule has 1 aliphatic heterocycles. The molecule has 1 heterocycles. The quantitative estimate of drug-likeness (QED) is 0.784. The van der Waals surface area contributed by atoms with Crippen molar-refractivity contribution in [1.82, 2.24) is 10.2 Å².